The van der Waals surface area contributed by atoms with Crippen LogP contribution >= 0.6 is 0 Å². The third kappa shape index (κ3) is 3.17. The number of nitrogens with zero attached hydrogens (tertiary/aromatic N) is 1. The van der Waals surface area contributed by atoms with Crippen LogP contribution in [0, 0.1) is 0 Å². The number of benzene rings is 2. The fourth-order valence-electron chi connectivity index (χ4n) is 2.69. The third-order valence-electron chi connectivity index (χ3n) is 3.84. The Morgan fingerprint density at radius 2 is 1.76 bits per heavy atom. The van der Waals surface area contributed by atoms with E-state index in [0.717, 1.165) is 13.1 Å². The van der Waals surface area contributed by atoms with Crippen molar-refractivity contribution in [1.82, 2.24) is 9.88 Å². The first-order valence-electron chi connectivity index (χ1n) is 7.58. The van der Waals surface area contributed by atoms with Crippen LogP contribution in [0.4, 0.5) is 0 Å². The zero-order chi connectivity index (χ0) is 14.7. The van der Waals surface area contributed by atoms with Gasteiger partial charge in [0.15, 0.2) is 0 Å². The molecular weight excluding hydrogens is 256 g/mol. The quantitative estimate of drug-likeness (QED) is 0.740. The van der Waals surface area contributed by atoms with Crippen molar-refractivity contribution in [3.05, 3.63) is 72.1 Å². The van der Waals surface area contributed by atoms with E-state index in [9.17, 15) is 0 Å². The summed E-state index contributed by atoms with van der Waals surface area (Å²) in [6, 6.07) is 20.0. The van der Waals surface area contributed by atoms with Gasteiger partial charge >= 0.3 is 0 Å². The standard InChI is InChI=1S/C19H22N2/c1-15(2)20-13-18-10-6-12-21(18)14-17-9-5-8-16-7-3-4-11-19(16)17/h3-12,15,20H,13-14H2,1-2H3. The van der Waals surface area contributed by atoms with Crippen LogP contribution in [0.2, 0.25) is 0 Å². The second-order valence-corrected chi connectivity index (χ2v) is 5.80. The van der Waals surface area contributed by atoms with E-state index in [0.29, 0.717) is 6.04 Å². The molecule has 0 amide bonds. The Hall–Kier alpha value is -2.06. The number of hydrogen-bond acceptors (Lipinski definition) is 1. The van der Waals surface area contributed by atoms with Gasteiger partial charge in [-0.1, -0.05) is 56.3 Å². The fraction of sp³-hybridized carbons (Fsp3) is 0.263. The van der Waals surface area contributed by atoms with Gasteiger partial charge in [0, 0.05) is 31.0 Å². The van der Waals surface area contributed by atoms with Crippen molar-refractivity contribution < 1.29 is 0 Å². The van der Waals surface area contributed by atoms with E-state index in [1.54, 1.807) is 0 Å². The smallest absolute Gasteiger partial charge is 0.0479 e. The van der Waals surface area contributed by atoms with Gasteiger partial charge in [0.2, 0.25) is 0 Å². The molecule has 0 atom stereocenters. The molecule has 2 heteroatoms. The number of hydrogen-bond donors (Lipinski definition) is 1. The summed E-state index contributed by atoms with van der Waals surface area (Å²) < 4.78 is 2.33. The van der Waals surface area contributed by atoms with E-state index in [2.05, 4.69) is 84.5 Å². The molecule has 2 nitrogen and oxygen atoms in total. The van der Waals surface area contributed by atoms with Crippen molar-refractivity contribution in [3.8, 4) is 0 Å². The van der Waals surface area contributed by atoms with Crippen molar-refractivity contribution in [2.24, 2.45) is 0 Å². The highest BCUT2D eigenvalue weighted by Crippen LogP contribution is 2.20. The Kier molecular flexibility index (Phi) is 4.07. The van der Waals surface area contributed by atoms with Gasteiger partial charge in [-0.05, 0) is 28.5 Å². The molecule has 3 aromatic rings. The summed E-state index contributed by atoms with van der Waals surface area (Å²) in [5.74, 6) is 0. The van der Waals surface area contributed by atoms with E-state index >= 15 is 0 Å². The van der Waals surface area contributed by atoms with Gasteiger partial charge in [0.25, 0.3) is 0 Å². The molecule has 0 bridgehead atoms. The first kappa shape index (κ1) is 13.9. The van der Waals surface area contributed by atoms with Crippen molar-refractivity contribution in [2.45, 2.75) is 33.0 Å². The van der Waals surface area contributed by atoms with E-state index in [4.69, 9.17) is 0 Å². The van der Waals surface area contributed by atoms with Crippen LogP contribution < -0.4 is 5.32 Å². The van der Waals surface area contributed by atoms with E-state index in [1.807, 2.05) is 0 Å². The Balaban J connectivity index is 1.87. The van der Waals surface area contributed by atoms with Crippen molar-refractivity contribution in [3.63, 3.8) is 0 Å². The van der Waals surface area contributed by atoms with Crippen LogP contribution in [0.15, 0.2) is 60.8 Å². The van der Waals surface area contributed by atoms with Crippen LogP contribution in [0.5, 0.6) is 0 Å². The highest BCUT2D eigenvalue weighted by atomic mass is 15.0. The van der Waals surface area contributed by atoms with Gasteiger partial charge in [0.1, 0.15) is 0 Å². The normalized spacial score (nSPS) is 11.4. The number of nitrogens with one attached hydrogen (secondary N) is 1. The molecule has 1 N–H and O–H groups in total. The highest BCUT2D eigenvalue weighted by molar-refractivity contribution is 5.85. The van der Waals surface area contributed by atoms with Gasteiger partial charge in [0.05, 0.1) is 0 Å². The second-order valence-electron chi connectivity index (χ2n) is 5.80. The van der Waals surface area contributed by atoms with Gasteiger partial charge in [-0.15, -0.1) is 0 Å². The lowest BCUT2D eigenvalue weighted by molar-refractivity contribution is 0.565. The summed E-state index contributed by atoms with van der Waals surface area (Å²) in [5, 5.41) is 6.14. The van der Waals surface area contributed by atoms with E-state index in [-0.39, 0.29) is 0 Å². The third-order valence-corrected chi connectivity index (χ3v) is 3.84. The Labute approximate surface area is 126 Å². The lowest BCUT2D eigenvalue weighted by atomic mass is 10.0. The van der Waals surface area contributed by atoms with Crippen LogP contribution in [0.3, 0.4) is 0 Å². The molecule has 0 aliphatic carbocycles. The van der Waals surface area contributed by atoms with Crippen LogP contribution in [-0.4, -0.2) is 10.6 Å². The molecule has 0 aliphatic heterocycles. The van der Waals surface area contributed by atoms with E-state index < -0.39 is 0 Å². The largest absolute Gasteiger partial charge is 0.346 e. The lowest BCUT2D eigenvalue weighted by Crippen LogP contribution is -2.23. The molecule has 0 aliphatic rings. The van der Waals surface area contributed by atoms with Crippen molar-refractivity contribution in [2.75, 3.05) is 0 Å². The predicted octanol–water partition coefficient (Wildman–Crippen LogP) is 4.19. The molecule has 3 rings (SSSR count). The Morgan fingerprint density at radius 3 is 2.62 bits per heavy atom. The Morgan fingerprint density at radius 1 is 0.952 bits per heavy atom. The van der Waals surface area contributed by atoms with Crippen molar-refractivity contribution >= 4 is 10.8 Å². The van der Waals surface area contributed by atoms with Crippen LogP contribution in [0.1, 0.15) is 25.1 Å². The van der Waals surface area contributed by atoms with Gasteiger partial charge in [-0.3, -0.25) is 0 Å². The summed E-state index contributed by atoms with van der Waals surface area (Å²) in [5.41, 5.74) is 2.70. The summed E-state index contributed by atoms with van der Waals surface area (Å²) in [7, 11) is 0. The SMILES string of the molecule is CC(C)NCc1cccn1Cc1cccc2ccccc12. The average Bonchev–Trinajstić information content (AvgIpc) is 2.93. The molecule has 0 unspecified atom stereocenters. The minimum Gasteiger partial charge on any atom is -0.346 e. The molecule has 0 fully saturated rings. The molecular formula is C19H22N2. The molecule has 1 heterocycles. The molecule has 108 valence electrons. The summed E-state index contributed by atoms with van der Waals surface area (Å²) >= 11 is 0. The van der Waals surface area contributed by atoms with Gasteiger partial charge in [-0.25, -0.2) is 0 Å². The number of aromatic nitrogens is 1. The maximum absolute atomic E-state index is 3.49. The molecule has 21 heavy (non-hydrogen) atoms. The summed E-state index contributed by atoms with van der Waals surface area (Å²) in [6.45, 7) is 6.19. The second kappa shape index (κ2) is 6.15. The summed E-state index contributed by atoms with van der Waals surface area (Å²) in [4.78, 5) is 0. The maximum atomic E-state index is 3.49. The van der Waals surface area contributed by atoms with E-state index in [1.165, 1.54) is 22.0 Å². The topological polar surface area (TPSA) is 17.0 Å². The van der Waals surface area contributed by atoms with Crippen LogP contribution in [0.25, 0.3) is 10.8 Å². The average molecular weight is 278 g/mol. The predicted molar refractivity (Wildman–Crippen MR) is 89.5 cm³/mol. The molecule has 0 radical (unpaired) electrons. The zero-order valence-electron chi connectivity index (χ0n) is 12.7. The molecule has 0 saturated heterocycles. The minimum atomic E-state index is 0.505. The number of rotatable bonds is 5. The van der Waals surface area contributed by atoms with Gasteiger partial charge < -0.3 is 9.88 Å². The Bertz CT molecular complexity index is 720. The zero-order valence-corrected chi connectivity index (χ0v) is 12.7. The number of fused-ring (bicyclic) bond motifs is 1. The molecule has 0 spiro atoms. The first-order valence-corrected chi connectivity index (χ1v) is 7.58. The van der Waals surface area contributed by atoms with Gasteiger partial charge in [-0.2, -0.15) is 0 Å². The lowest BCUT2D eigenvalue weighted by Gasteiger charge is -2.13. The molecule has 2 aromatic carbocycles. The fourth-order valence-corrected chi connectivity index (χ4v) is 2.69. The first-order chi connectivity index (χ1) is 10.2. The highest BCUT2D eigenvalue weighted by Gasteiger charge is 2.05. The molecule has 1 aromatic heterocycles. The minimum absolute atomic E-state index is 0.505. The summed E-state index contributed by atoms with van der Waals surface area (Å²) in [6.07, 6.45) is 2.17. The van der Waals surface area contributed by atoms with Crippen molar-refractivity contribution in [1.29, 1.82) is 0 Å². The maximum Gasteiger partial charge on any atom is 0.0479 e. The van der Waals surface area contributed by atoms with Crippen LogP contribution in [-0.2, 0) is 13.1 Å². The monoisotopic (exact) mass is 278 g/mol. The molecule has 0 saturated carbocycles.